The lowest BCUT2D eigenvalue weighted by atomic mass is 9.95. The van der Waals surface area contributed by atoms with E-state index in [1.807, 2.05) is 0 Å². The summed E-state index contributed by atoms with van der Waals surface area (Å²) < 4.78 is 5.08. The Morgan fingerprint density at radius 3 is 1.62 bits per heavy atom. The Labute approximate surface area is 205 Å². The topological polar surface area (TPSA) is 49.8 Å². The molecular formula is C27H54ClNO3. The van der Waals surface area contributed by atoms with Crippen molar-refractivity contribution in [2.24, 2.45) is 0 Å². The molecule has 0 rings (SSSR count). The van der Waals surface area contributed by atoms with Crippen LogP contribution in [-0.4, -0.2) is 34.9 Å². The van der Waals surface area contributed by atoms with Crippen molar-refractivity contribution in [3.63, 3.8) is 0 Å². The van der Waals surface area contributed by atoms with E-state index >= 15 is 0 Å². The van der Waals surface area contributed by atoms with Crippen molar-refractivity contribution in [1.82, 2.24) is 5.06 Å². The van der Waals surface area contributed by atoms with Gasteiger partial charge in [0.1, 0.15) is 0 Å². The third-order valence-corrected chi connectivity index (χ3v) is 6.19. The molecule has 0 aromatic rings. The van der Waals surface area contributed by atoms with E-state index in [-0.39, 0.29) is 23.9 Å². The average Bonchev–Trinajstić information content (AvgIpc) is 2.73. The summed E-state index contributed by atoms with van der Waals surface area (Å²) in [5.74, 6) is -0.360. The van der Waals surface area contributed by atoms with Crippen LogP contribution in [0.1, 0.15) is 137 Å². The lowest BCUT2D eigenvalue weighted by molar-refractivity contribution is -0.168. The maximum Gasteiger partial charge on any atom is 0.333 e. The number of hydrogen-bond donors (Lipinski definition) is 1. The molecule has 0 fully saturated rings. The van der Waals surface area contributed by atoms with Gasteiger partial charge in [0.15, 0.2) is 0 Å². The van der Waals surface area contributed by atoms with Gasteiger partial charge in [-0.05, 0) is 33.6 Å². The lowest BCUT2D eigenvalue weighted by Crippen LogP contribution is -2.42. The summed E-state index contributed by atoms with van der Waals surface area (Å²) in [6.07, 6.45) is 22.1. The Morgan fingerprint density at radius 2 is 1.22 bits per heavy atom. The molecular weight excluding hydrogens is 422 g/mol. The van der Waals surface area contributed by atoms with Gasteiger partial charge < -0.3 is 9.94 Å². The van der Waals surface area contributed by atoms with Gasteiger partial charge in [-0.25, -0.2) is 4.79 Å². The highest BCUT2D eigenvalue weighted by Crippen LogP contribution is 2.21. The predicted molar refractivity (Wildman–Crippen MR) is 140 cm³/mol. The minimum atomic E-state index is -0.360. The maximum absolute atomic E-state index is 11.4. The molecule has 0 aromatic heterocycles. The smallest absolute Gasteiger partial charge is 0.333 e. The Morgan fingerprint density at radius 1 is 0.812 bits per heavy atom. The monoisotopic (exact) mass is 475 g/mol. The van der Waals surface area contributed by atoms with E-state index in [0.29, 0.717) is 25.1 Å². The highest BCUT2D eigenvalue weighted by Gasteiger charge is 2.24. The summed E-state index contributed by atoms with van der Waals surface area (Å²) in [6, 6.07) is 0. The van der Waals surface area contributed by atoms with E-state index in [4.69, 9.17) is 4.74 Å². The first-order chi connectivity index (χ1) is 14.8. The number of esters is 1. The minimum Gasteiger partial charge on any atom is -0.462 e. The molecule has 32 heavy (non-hydrogen) atoms. The molecule has 0 amide bonds. The van der Waals surface area contributed by atoms with Crippen LogP contribution in [0.25, 0.3) is 0 Å². The Kier molecular flexibility index (Phi) is 23.3. The standard InChI is InChI=1S/C27H53NO3.ClH/c1-6-7-8-9-10-11-12-13-14-15-16-17-18-19-20-22-27(4,5)28(30)23-21-24-31-26(29)25(2)3;/h30H,2,6-24H2,1,3-5H3;1H. The van der Waals surface area contributed by atoms with Crippen molar-refractivity contribution >= 4 is 18.4 Å². The number of halogens is 1. The molecule has 0 saturated heterocycles. The normalized spacial score (nSPS) is 11.4. The fourth-order valence-corrected chi connectivity index (χ4v) is 3.86. The van der Waals surface area contributed by atoms with Gasteiger partial charge in [0, 0.05) is 17.7 Å². The van der Waals surface area contributed by atoms with Crippen LogP contribution < -0.4 is 0 Å². The summed E-state index contributed by atoms with van der Waals surface area (Å²) in [4.78, 5) is 11.4. The first-order valence-corrected chi connectivity index (χ1v) is 13.1. The van der Waals surface area contributed by atoms with Crippen LogP contribution in [0.2, 0.25) is 0 Å². The first-order valence-electron chi connectivity index (χ1n) is 13.1. The number of nitrogens with zero attached hydrogens (tertiary/aromatic N) is 1. The van der Waals surface area contributed by atoms with Crippen LogP contribution >= 0.6 is 12.4 Å². The second kappa shape index (κ2) is 22.2. The third kappa shape index (κ3) is 20.1. The zero-order valence-corrected chi connectivity index (χ0v) is 22.6. The van der Waals surface area contributed by atoms with Gasteiger partial charge >= 0.3 is 5.97 Å². The highest BCUT2D eigenvalue weighted by atomic mass is 35.5. The van der Waals surface area contributed by atoms with E-state index in [1.165, 1.54) is 95.0 Å². The van der Waals surface area contributed by atoms with Crippen LogP contribution in [-0.2, 0) is 9.53 Å². The second-order valence-electron chi connectivity index (χ2n) is 9.91. The molecule has 0 bridgehead atoms. The predicted octanol–water partition coefficient (Wildman–Crippen LogP) is 8.65. The molecule has 4 nitrogen and oxygen atoms in total. The van der Waals surface area contributed by atoms with Crippen molar-refractivity contribution in [2.75, 3.05) is 13.2 Å². The summed E-state index contributed by atoms with van der Waals surface area (Å²) in [5.41, 5.74) is 0.170. The largest absolute Gasteiger partial charge is 0.462 e. The molecule has 0 unspecified atom stereocenters. The zero-order valence-electron chi connectivity index (χ0n) is 21.8. The molecule has 0 saturated carbocycles. The summed E-state index contributed by atoms with van der Waals surface area (Å²) in [6.45, 7) is 12.5. The number of hydrogen-bond acceptors (Lipinski definition) is 4. The number of ether oxygens (including phenoxy) is 1. The van der Waals surface area contributed by atoms with Crippen molar-refractivity contribution in [3.8, 4) is 0 Å². The van der Waals surface area contributed by atoms with E-state index in [0.717, 1.165) is 12.8 Å². The quantitative estimate of drug-likeness (QED) is 0.0736. The molecule has 0 spiro atoms. The average molecular weight is 476 g/mol. The number of carbonyl (C=O) groups excluding carboxylic acids is 1. The molecule has 192 valence electrons. The summed E-state index contributed by atoms with van der Waals surface area (Å²) >= 11 is 0. The van der Waals surface area contributed by atoms with Gasteiger partial charge in [0.05, 0.1) is 6.61 Å². The van der Waals surface area contributed by atoms with Crippen LogP contribution in [0.5, 0.6) is 0 Å². The molecule has 0 aliphatic carbocycles. The number of rotatable bonds is 22. The molecule has 5 heteroatoms. The summed E-state index contributed by atoms with van der Waals surface area (Å²) in [7, 11) is 0. The van der Waals surface area contributed by atoms with Gasteiger partial charge in [-0.15, -0.1) is 12.4 Å². The number of carbonyl (C=O) groups is 1. The minimum absolute atomic E-state index is 0. The van der Waals surface area contributed by atoms with E-state index in [1.54, 1.807) is 6.92 Å². The highest BCUT2D eigenvalue weighted by molar-refractivity contribution is 5.86. The third-order valence-electron chi connectivity index (χ3n) is 6.19. The van der Waals surface area contributed by atoms with Gasteiger partial charge in [-0.3, -0.25) is 0 Å². The van der Waals surface area contributed by atoms with Crippen molar-refractivity contribution in [2.45, 2.75) is 142 Å². The Hall–Kier alpha value is -0.580. The van der Waals surface area contributed by atoms with Crippen LogP contribution in [0.15, 0.2) is 12.2 Å². The number of hydroxylamine groups is 2. The second-order valence-corrected chi connectivity index (χ2v) is 9.91. The van der Waals surface area contributed by atoms with Gasteiger partial charge in [-0.2, -0.15) is 5.06 Å². The first kappa shape index (κ1) is 33.6. The summed E-state index contributed by atoms with van der Waals surface area (Å²) in [5, 5.41) is 11.8. The van der Waals surface area contributed by atoms with Gasteiger partial charge in [0.2, 0.25) is 0 Å². The molecule has 0 aliphatic rings. The zero-order chi connectivity index (χ0) is 23.4. The number of unbranched alkanes of at least 4 members (excludes halogenated alkanes) is 14. The van der Waals surface area contributed by atoms with E-state index < -0.39 is 0 Å². The van der Waals surface area contributed by atoms with Gasteiger partial charge in [0.25, 0.3) is 0 Å². The maximum atomic E-state index is 11.4. The van der Waals surface area contributed by atoms with Crippen LogP contribution in [0, 0.1) is 0 Å². The molecule has 0 radical (unpaired) electrons. The molecule has 0 atom stereocenters. The van der Waals surface area contributed by atoms with E-state index in [2.05, 4.69) is 27.4 Å². The fourth-order valence-electron chi connectivity index (χ4n) is 3.86. The van der Waals surface area contributed by atoms with Crippen molar-refractivity contribution in [1.29, 1.82) is 0 Å². The molecule has 0 heterocycles. The molecule has 0 aliphatic heterocycles. The van der Waals surface area contributed by atoms with Crippen LogP contribution in [0.4, 0.5) is 0 Å². The SMILES string of the molecule is C=C(C)C(=O)OCCCN(O)C(C)(C)CCCCCCCCCCCCCCCCC.Cl. The fraction of sp³-hybridized carbons (Fsp3) is 0.889. The Bertz CT molecular complexity index is 454. The Balaban J connectivity index is 0. The lowest BCUT2D eigenvalue weighted by Gasteiger charge is -2.33. The van der Waals surface area contributed by atoms with Crippen molar-refractivity contribution in [3.05, 3.63) is 12.2 Å². The van der Waals surface area contributed by atoms with E-state index in [9.17, 15) is 10.0 Å². The molecule has 1 N–H and O–H groups in total. The van der Waals surface area contributed by atoms with Crippen LogP contribution in [0.3, 0.4) is 0 Å². The molecule has 0 aromatic carbocycles. The van der Waals surface area contributed by atoms with Gasteiger partial charge in [-0.1, -0.05) is 110 Å². The van der Waals surface area contributed by atoms with Crippen molar-refractivity contribution < 1.29 is 14.7 Å².